The highest BCUT2D eigenvalue weighted by Crippen LogP contribution is 2.47. The fourth-order valence-electron chi connectivity index (χ4n) is 7.29. The largest absolute Gasteiger partial charge is 0.394 e. The Morgan fingerprint density at radius 2 is 1.81 bits per heavy atom. The minimum atomic E-state index is -2.12. The second-order valence-corrected chi connectivity index (χ2v) is 12.6. The zero-order valence-corrected chi connectivity index (χ0v) is 26.3. The highest BCUT2D eigenvalue weighted by Gasteiger charge is 2.53. The van der Waals surface area contributed by atoms with Gasteiger partial charge < -0.3 is 20.0 Å². The second-order valence-electron chi connectivity index (χ2n) is 12.6. The molecule has 0 bridgehead atoms. The van der Waals surface area contributed by atoms with Gasteiger partial charge in [-0.15, -0.1) is 0 Å². The number of nitrogens with zero attached hydrogens (tertiary/aromatic N) is 4. The minimum Gasteiger partial charge on any atom is -0.394 e. The summed E-state index contributed by atoms with van der Waals surface area (Å²) in [5.74, 6) is -1.75. The highest BCUT2D eigenvalue weighted by atomic mass is 16.6. The molecule has 4 aromatic carbocycles. The second kappa shape index (κ2) is 12.0. The fraction of sp³-hybridized carbons (Fsp3) is 0.270. The molecule has 0 saturated carbocycles. The molecule has 0 aromatic heterocycles. The number of hydrogen-bond donors (Lipinski definition) is 2. The maximum Gasteiger partial charge on any atom is 0.269 e. The number of fused-ring (bicyclic) bond motifs is 1. The molecule has 11 heteroatoms. The lowest BCUT2D eigenvalue weighted by atomic mass is 9.82. The van der Waals surface area contributed by atoms with E-state index in [1.807, 2.05) is 60.7 Å². The van der Waals surface area contributed by atoms with Crippen molar-refractivity contribution in [2.45, 2.75) is 44.4 Å². The van der Waals surface area contributed by atoms with Crippen molar-refractivity contribution in [3.05, 3.63) is 118 Å². The summed E-state index contributed by atoms with van der Waals surface area (Å²) in [6.07, 6.45) is 4.78. The lowest BCUT2D eigenvalue weighted by Crippen LogP contribution is -2.44. The molecule has 0 unspecified atom stereocenters. The first kappa shape index (κ1) is 31.2. The van der Waals surface area contributed by atoms with Crippen LogP contribution < -0.4 is 9.80 Å². The van der Waals surface area contributed by atoms with Crippen LogP contribution in [-0.2, 0) is 21.7 Å². The van der Waals surface area contributed by atoms with Crippen LogP contribution in [0.1, 0.15) is 47.7 Å². The van der Waals surface area contributed by atoms with E-state index in [9.17, 15) is 34.7 Å². The van der Waals surface area contributed by atoms with Gasteiger partial charge in [-0.25, -0.2) is 0 Å². The molecular weight excluding hydrogens is 612 g/mol. The number of benzene rings is 4. The van der Waals surface area contributed by atoms with E-state index >= 15 is 0 Å². The molecule has 0 aliphatic carbocycles. The van der Waals surface area contributed by atoms with Crippen LogP contribution in [0.25, 0.3) is 10.8 Å². The first-order chi connectivity index (χ1) is 23.1. The maximum absolute atomic E-state index is 14.1. The van der Waals surface area contributed by atoms with Gasteiger partial charge in [0, 0.05) is 47.7 Å². The molecule has 3 aliphatic rings. The van der Waals surface area contributed by atoms with Crippen LogP contribution in [0.3, 0.4) is 0 Å². The molecule has 7 rings (SSSR count). The molecule has 11 nitrogen and oxygen atoms in total. The number of rotatable bonds is 9. The van der Waals surface area contributed by atoms with Gasteiger partial charge in [-0.2, -0.15) is 0 Å². The van der Waals surface area contributed by atoms with E-state index in [2.05, 4.69) is 0 Å². The number of aliphatic hydroxyl groups is 2. The van der Waals surface area contributed by atoms with Gasteiger partial charge in [-0.05, 0) is 54.1 Å². The molecule has 1 fully saturated rings. The lowest BCUT2D eigenvalue weighted by Gasteiger charge is -2.28. The Morgan fingerprint density at radius 3 is 2.54 bits per heavy atom. The normalized spacial score (nSPS) is 20.7. The molecule has 3 heterocycles. The SMILES string of the molecule is C[C@@H](/C=C/CC(=O)N1CCC[C@H]1CO)[C@]1(O)C(=O)N(Cc2ccc(N3C(=O)c4cccc5cccc3c45)cc2)c2ccc([N+](=O)[O-])cc21. The molecule has 2 N–H and O–H groups in total. The molecule has 3 aliphatic heterocycles. The number of nitro groups is 1. The number of hydrogen-bond acceptors (Lipinski definition) is 7. The van der Waals surface area contributed by atoms with Crippen molar-refractivity contribution in [1.29, 1.82) is 0 Å². The summed E-state index contributed by atoms with van der Waals surface area (Å²) in [4.78, 5) is 56.1. The summed E-state index contributed by atoms with van der Waals surface area (Å²) in [5, 5.41) is 35.2. The standard InChI is InChI=1S/C37H34N4O7/c1-23(6-2-12-33(43)38-19-5-9-28(38)22-42)37(46)30-20-27(41(47)48)17-18-31(30)39(36(37)45)21-24-13-15-26(16-14-24)40-32-11-4-8-25-7-3-10-29(34(25)32)35(40)44/h2-4,6-8,10-11,13-18,20,23,28,42,46H,5,9,12,19,21-22H2,1H3/b6-2+/t23-,28-,37+/m0/s1. The van der Waals surface area contributed by atoms with Gasteiger partial charge in [-0.1, -0.05) is 55.5 Å². The van der Waals surface area contributed by atoms with Gasteiger partial charge in [-0.3, -0.25) is 29.4 Å². The Bertz CT molecular complexity index is 2000. The number of non-ortho nitro benzene ring substituents is 1. The van der Waals surface area contributed by atoms with Crippen LogP contribution in [0.4, 0.5) is 22.7 Å². The van der Waals surface area contributed by atoms with Crippen molar-refractivity contribution in [2.24, 2.45) is 5.92 Å². The van der Waals surface area contributed by atoms with Crippen LogP contribution in [0.2, 0.25) is 0 Å². The molecule has 244 valence electrons. The number of nitro benzene ring substituents is 1. The monoisotopic (exact) mass is 646 g/mol. The lowest BCUT2D eigenvalue weighted by molar-refractivity contribution is -0.385. The van der Waals surface area contributed by atoms with E-state index in [0.717, 1.165) is 34.9 Å². The summed E-state index contributed by atoms with van der Waals surface area (Å²) in [7, 11) is 0. The first-order valence-electron chi connectivity index (χ1n) is 16.0. The van der Waals surface area contributed by atoms with Gasteiger partial charge >= 0.3 is 0 Å². The van der Waals surface area contributed by atoms with Crippen LogP contribution in [0.5, 0.6) is 0 Å². The van der Waals surface area contributed by atoms with E-state index in [0.29, 0.717) is 23.5 Å². The highest BCUT2D eigenvalue weighted by molar-refractivity contribution is 6.27. The van der Waals surface area contributed by atoms with Gasteiger partial charge in [0.2, 0.25) is 5.91 Å². The van der Waals surface area contributed by atoms with Gasteiger partial charge in [0.15, 0.2) is 5.60 Å². The summed E-state index contributed by atoms with van der Waals surface area (Å²) < 4.78 is 0. The topological polar surface area (TPSA) is 145 Å². The zero-order valence-electron chi connectivity index (χ0n) is 26.3. The Kier molecular flexibility index (Phi) is 7.81. The Hall–Kier alpha value is -5.39. The van der Waals surface area contributed by atoms with Crippen molar-refractivity contribution in [2.75, 3.05) is 23.0 Å². The quantitative estimate of drug-likeness (QED) is 0.142. The van der Waals surface area contributed by atoms with Crippen molar-refractivity contribution in [3.63, 3.8) is 0 Å². The van der Waals surface area contributed by atoms with Crippen LogP contribution in [-0.4, -0.2) is 57.0 Å². The van der Waals surface area contributed by atoms with Crippen molar-refractivity contribution in [3.8, 4) is 0 Å². The Morgan fingerprint density at radius 1 is 1.06 bits per heavy atom. The van der Waals surface area contributed by atoms with Gasteiger partial charge in [0.05, 0.1) is 41.1 Å². The summed E-state index contributed by atoms with van der Waals surface area (Å²) in [6.45, 7) is 2.18. The third-order valence-corrected chi connectivity index (χ3v) is 9.84. The smallest absolute Gasteiger partial charge is 0.269 e. The van der Waals surface area contributed by atoms with Crippen LogP contribution >= 0.6 is 0 Å². The molecule has 3 amide bonds. The van der Waals surface area contributed by atoms with Gasteiger partial charge in [0.1, 0.15) is 0 Å². The Balaban J connectivity index is 1.14. The molecular formula is C37H34N4O7. The molecule has 1 saturated heterocycles. The molecule has 48 heavy (non-hydrogen) atoms. The predicted molar refractivity (Wildman–Crippen MR) is 180 cm³/mol. The molecule has 0 spiro atoms. The van der Waals surface area contributed by atoms with Crippen molar-refractivity contribution < 1.29 is 29.5 Å². The number of likely N-dealkylation sites (tertiary alicyclic amines) is 1. The van der Waals surface area contributed by atoms with E-state index < -0.39 is 22.3 Å². The summed E-state index contributed by atoms with van der Waals surface area (Å²) >= 11 is 0. The minimum absolute atomic E-state index is 0.0298. The third kappa shape index (κ3) is 4.94. The fourth-order valence-corrected chi connectivity index (χ4v) is 7.29. The Labute approximate surface area is 276 Å². The average molecular weight is 647 g/mol. The zero-order chi connectivity index (χ0) is 33.7. The number of aliphatic hydroxyl groups excluding tert-OH is 1. The summed E-state index contributed by atoms with van der Waals surface area (Å²) in [5.41, 5.74) is 0.929. The first-order valence-corrected chi connectivity index (χ1v) is 16.0. The van der Waals surface area contributed by atoms with Crippen LogP contribution in [0, 0.1) is 16.0 Å². The number of anilines is 3. The average Bonchev–Trinajstić information content (AvgIpc) is 3.75. The number of carbonyl (C=O) groups excluding carboxylic acids is 3. The van der Waals surface area contributed by atoms with Crippen molar-refractivity contribution in [1.82, 2.24) is 4.90 Å². The van der Waals surface area contributed by atoms with E-state index in [1.165, 1.54) is 23.1 Å². The molecule has 0 radical (unpaired) electrons. The van der Waals surface area contributed by atoms with E-state index in [4.69, 9.17) is 0 Å². The number of amides is 3. The van der Waals surface area contributed by atoms with E-state index in [-0.39, 0.29) is 48.7 Å². The third-order valence-electron chi connectivity index (χ3n) is 9.84. The predicted octanol–water partition coefficient (Wildman–Crippen LogP) is 5.34. The van der Waals surface area contributed by atoms with E-state index in [1.54, 1.807) is 28.9 Å². The van der Waals surface area contributed by atoms with Crippen LogP contribution in [0.15, 0.2) is 91.0 Å². The number of carbonyl (C=O) groups is 3. The molecule has 3 atom stereocenters. The van der Waals surface area contributed by atoms with Gasteiger partial charge in [0.25, 0.3) is 17.5 Å². The maximum atomic E-state index is 14.1. The van der Waals surface area contributed by atoms with Crippen molar-refractivity contribution >= 4 is 51.2 Å². The molecule has 4 aromatic rings. The summed E-state index contributed by atoms with van der Waals surface area (Å²) in [6, 6.07) is 22.5.